The van der Waals surface area contributed by atoms with E-state index in [0.29, 0.717) is 35.2 Å². The van der Waals surface area contributed by atoms with E-state index in [0.717, 1.165) is 12.8 Å². The second-order valence-electron chi connectivity index (χ2n) is 4.95. The summed E-state index contributed by atoms with van der Waals surface area (Å²) in [5, 5.41) is 9.29. The van der Waals surface area contributed by atoms with E-state index >= 15 is 0 Å². The Morgan fingerprint density at radius 3 is 2.68 bits per heavy atom. The normalized spacial score (nSPS) is 16.3. The number of methoxy groups -OCH3 is 1. The predicted molar refractivity (Wildman–Crippen MR) is 73.6 cm³/mol. The second kappa shape index (κ2) is 5.68. The number of halogens is 1. The van der Waals surface area contributed by atoms with Crippen LogP contribution in [0.3, 0.4) is 0 Å². The Hall–Kier alpha value is -1.44. The minimum absolute atomic E-state index is 0.0717. The molecule has 2 N–H and O–H groups in total. The van der Waals surface area contributed by atoms with Crippen molar-refractivity contribution in [2.45, 2.75) is 19.3 Å². The Kier molecular flexibility index (Phi) is 4.18. The van der Waals surface area contributed by atoms with Gasteiger partial charge in [-0.05, 0) is 18.9 Å². The summed E-state index contributed by atoms with van der Waals surface area (Å²) in [6, 6.07) is 5.24. The molecule has 0 radical (unpaired) electrons. The number of benzene rings is 1. The molecule has 0 saturated heterocycles. The molecule has 19 heavy (non-hydrogen) atoms. The Bertz CT molecular complexity index is 501. The van der Waals surface area contributed by atoms with Crippen molar-refractivity contribution in [1.29, 1.82) is 5.26 Å². The summed E-state index contributed by atoms with van der Waals surface area (Å²) in [5.74, 6) is 0.971. The maximum Gasteiger partial charge on any atom is 0.179 e. The Morgan fingerprint density at radius 1 is 1.47 bits per heavy atom. The molecule has 1 saturated carbocycles. The molecule has 0 amide bonds. The highest BCUT2D eigenvalue weighted by Crippen LogP contribution is 2.42. The lowest BCUT2D eigenvalue weighted by Gasteiger charge is -2.40. The molecule has 2 rings (SSSR count). The summed E-state index contributed by atoms with van der Waals surface area (Å²) in [4.78, 5) is 0. The van der Waals surface area contributed by atoms with Gasteiger partial charge in [0.15, 0.2) is 11.5 Å². The van der Waals surface area contributed by atoms with Gasteiger partial charge in [-0.15, -0.1) is 0 Å². The minimum Gasteiger partial charge on any atom is -0.493 e. The fourth-order valence-electron chi connectivity index (χ4n) is 2.23. The Labute approximate surface area is 118 Å². The van der Waals surface area contributed by atoms with E-state index in [1.807, 2.05) is 6.07 Å². The fraction of sp³-hybridized carbons (Fsp3) is 0.500. The highest BCUT2D eigenvalue weighted by Gasteiger charge is 2.36. The van der Waals surface area contributed by atoms with Gasteiger partial charge in [0.1, 0.15) is 0 Å². The number of nitrogens with zero attached hydrogens (tertiary/aromatic N) is 1. The average molecular weight is 281 g/mol. The first kappa shape index (κ1) is 14.0. The summed E-state index contributed by atoms with van der Waals surface area (Å²) >= 11 is 6.14. The van der Waals surface area contributed by atoms with Gasteiger partial charge in [-0.3, -0.25) is 0 Å². The van der Waals surface area contributed by atoms with Crippen LogP contribution in [-0.2, 0) is 0 Å². The van der Waals surface area contributed by atoms with Gasteiger partial charge in [0, 0.05) is 18.0 Å². The first-order chi connectivity index (χ1) is 9.14. The first-order valence-electron chi connectivity index (χ1n) is 6.24. The largest absolute Gasteiger partial charge is 0.493 e. The Morgan fingerprint density at radius 2 is 2.21 bits per heavy atom. The molecular formula is C14H17ClN2O2. The third-order valence-electron chi connectivity index (χ3n) is 3.73. The molecule has 0 aromatic heterocycles. The molecule has 102 valence electrons. The van der Waals surface area contributed by atoms with Crippen molar-refractivity contribution >= 4 is 11.6 Å². The van der Waals surface area contributed by atoms with Crippen LogP contribution in [0, 0.1) is 16.7 Å². The molecule has 0 atom stereocenters. The third-order valence-corrected chi connectivity index (χ3v) is 4.01. The molecule has 0 aliphatic heterocycles. The van der Waals surface area contributed by atoms with E-state index in [2.05, 4.69) is 0 Å². The number of nitriles is 1. The molecule has 1 aliphatic rings. The molecule has 1 fully saturated rings. The van der Waals surface area contributed by atoms with E-state index in [9.17, 15) is 0 Å². The van der Waals surface area contributed by atoms with Gasteiger partial charge in [0.2, 0.25) is 0 Å². The molecule has 0 bridgehead atoms. The van der Waals surface area contributed by atoms with Crippen LogP contribution in [0.2, 0.25) is 5.02 Å². The quantitative estimate of drug-likeness (QED) is 0.900. The van der Waals surface area contributed by atoms with Crippen LogP contribution < -0.4 is 15.2 Å². The standard InChI is InChI=1S/C14H17ClN2O2/c1-18-12-6-10(7-16)5-11(15)13(12)19-9-14(8-17)3-2-4-14/h5-6H,2-4,8-9,17H2,1H3. The van der Waals surface area contributed by atoms with Crippen LogP contribution in [0.5, 0.6) is 11.5 Å². The van der Waals surface area contributed by atoms with Gasteiger partial charge in [-0.2, -0.15) is 5.26 Å². The van der Waals surface area contributed by atoms with E-state index < -0.39 is 0 Å². The van der Waals surface area contributed by atoms with Gasteiger partial charge in [0.25, 0.3) is 0 Å². The van der Waals surface area contributed by atoms with Gasteiger partial charge < -0.3 is 15.2 Å². The molecule has 0 unspecified atom stereocenters. The zero-order chi connectivity index (χ0) is 13.9. The molecular weight excluding hydrogens is 264 g/mol. The summed E-state index contributed by atoms with van der Waals surface area (Å²) in [5.41, 5.74) is 6.32. The highest BCUT2D eigenvalue weighted by atomic mass is 35.5. The lowest BCUT2D eigenvalue weighted by Crippen LogP contribution is -2.42. The van der Waals surface area contributed by atoms with E-state index in [1.54, 1.807) is 12.1 Å². The molecule has 0 spiro atoms. The van der Waals surface area contributed by atoms with Gasteiger partial charge in [-0.25, -0.2) is 0 Å². The predicted octanol–water partition coefficient (Wildman–Crippen LogP) is 2.73. The van der Waals surface area contributed by atoms with Crippen molar-refractivity contribution in [1.82, 2.24) is 0 Å². The highest BCUT2D eigenvalue weighted by molar-refractivity contribution is 6.32. The van der Waals surface area contributed by atoms with Crippen LogP contribution in [0.4, 0.5) is 0 Å². The maximum absolute atomic E-state index is 8.90. The first-order valence-corrected chi connectivity index (χ1v) is 6.62. The van der Waals surface area contributed by atoms with E-state index in [4.69, 9.17) is 32.1 Å². The molecule has 5 heteroatoms. The van der Waals surface area contributed by atoms with Gasteiger partial charge in [0.05, 0.1) is 30.4 Å². The number of nitrogens with two attached hydrogens (primary N) is 1. The molecule has 1 aromatic carbocycles. The average Bonchev–Trinajstić information content (AvgIpc) is 2.38. The SMILES string of the molecule is COc1cc(C#N)cc(Cl)c1OCC1(CN)CCC1. The third kappa shape index (κ3) is 2.78. The topological polar surface area (TPSA) is 68.3 Å². The van der Waals surface area contributed by atoms with Crippen LogP contribution in [0.1, 0.15) is 24.8 Å². The zero-order valence-corrected chi connectivity index (χ0v) is 11.7. The van der Waals surface area contributed by atoms with Crippen molar-refractivity contribution < 1.29 is 9.47 Å². The van der Waals surface area contributed by atoms with Crippen molar-refractivity contribution in [2.75, 3.05) is 20.3 Å². The number of hydrogen-bond donors (Lipinski definition) is 1. The summed E-state index contributed by atoms with van der Waals surface area (Å²) < 4.78 is 11.0. The number of ether oxygens (including phenoxy) is 2. The lowest BCUT2D eigenvalue weighted by atomic mass is 9.69. The lowest BCUT2D eigenvalue weighted by molar-refractivity contribution is 0.0653. The molecule has 0 heterocycles. The van der Waals surface area contributed by atoms with Crippen LogP contribution in [0.25, 0.3) is 0 Å². The maximum atomic E-state index is 8.90. The van der Waals surface area contributed by atoms with E-state index in [1.165, 1.54) is 13.5 Å². The molecule has 1 aliphatic carbocycles. The van der Waals surface area contributed by atoms with Crippen LogP contribution >= 0.6 is 11.6 Å². The fourth-order valence-corrected chi connectivity index (χ4v) is 2.50. The van der Waals surface area contributed by atoms with Crippen molar-refractivity contribution in [2.24, 2.45) is 11.1 Å². The van der Waals surface area contributed by atoms with Crippen molar-refractivity contribution in [3.05, 3.63) is 22.7 Å². The zero-order valence-electron chi connectivity index (χ0n) is 10.9. The molecule has 4 nitrogen and oxygen atoms in total. The summed E-state index contributed by atoms with van der Waals surface area (Å²) in [7, 11) is 1.53. The van der Waals surface area contributed by atoms with Gasteiger partial charge in [-0.1, -0.05) is 18.0 Å². The van der Waals surface area contributed by atoms with Gasteiger partial charge >= 0.3 is 0 Å². The smallest absolute Gasteiger partial charge is 0.179 e. The van der Waals surface area contributed by atoms with Crippen molar-refractivity contribution in [3.63, 3.8) is 0 Å². The van der Waals surface area contributed by atoms with E-state index in [-0.39, 0.29) is 5.41 Å². The Balaban J connectivity index is 2.18. The number of hydrogen-bond acceptors (Lipinski definition) is 4. The van der Waals surface area contributed by atoms with Crippen LogP contribution in [0.15, 0.2) is 12.1 Å². The minimum atomic E-state index is 0.0717. The summed E-state index contributed by atoms with van der Waals surface area (Å²) in [6.45, 7) is 1.15. The monoisotopic (exact) mass is 280 g/mol. The summed E-state index contributed by atoms with van der Waals surface area (Å²) in [6.07, 6.45) is 3.36. The van der Waals surface area contributed by atoms with Crippen LogP contribution in [-0.4, -0.2) is 20.3 Å². The van der Waals surface area contributed by atoms with Crippen molar-refractivity contribution in [3.8, 4) is 17.6 Å². The molecule has 1 aromatic rings. The second-order valence-corrected chi connectivity index (χ2v) is 5.35. The number of rotatable bonds is 5.